The summed E-state index contributed by atoms with van der Waals surface area (Å²) in [5, 5.41) is 0. The van der Waals surface area contributed by atoms with Crippen LogP contribution in [0, 0.1) is 5.92 Å². The van der Waals surface area contributed by atoms with E-state index in [0.717, 1.165) is 32.0 Å². The fourth-order valence-electron chi connectivity index (χ4n) is 1.98. The van der Waals surface area contributed by atoms with Crippen LogP contribution in [0.25, 0.3) is 0 Å². The molecule has 0 amide bonds. The SMILES string of the molecule is CC(C)CCCCCCCOCCC(N)CCN. The van der Waals surface area contributed by atoms with Crippen LogP contribution in [0.3, 0.4) is 0 Å². The van der Waals surface area contributed by atoms with Gasteiger partial charge < -0.3 is 16.2 Å². The van der Waals surface area contributed by atoms with E-state index in [2.05, 4.69) is 13.8 Å². The molecular weight excluding hydrogens is 224 g/mol. The molecule has 4 N–H and O–H groups in total. The minimum absolute atomic E-state index is 0.214. The summed E-state index contributed by atoms with van der Waals surface area (Å²) in [6.45, 7) is 6.94. The van der Waals surface area contributed by atoms with Gasteiger partial charge in [0.2, 0.25) is 0 Å². The zero-order valence-corrected chi connectivity index (χ0v) is 12.5. The monoisotopic (exact) mass is 258 g/mol. The summed E-state index contributed by atoms with van der Waals surface area (Å²) >= 11 is 0. The Hall–Kier alpha value is -0.120. The number of hydrogen-bond acceptors (Lipinski definition) is 3. The van der Waals surface area contributed by atoms with Crippen LogP contribution >= 0.6 is 0 Å². The summed E-state index contributed by atoms with van der Waals surface area (Å²) in [7, 11) is 0. The first-order valence-corrected chi connectivity index (χ1v) is 7.70. The topological polar surface area (TPSA) is 61.3 Å². The van der Waals surface area contributed by atoms with E-state index in [1.54, 1.807) is 0 Å². The van der Waals surface area contributed by atoms with Gasteiger partial charge in [-0.2, -0.15) is 0 Å². The second-order valence-corrected chi connectivity index (χ2v) is 5.69. The van der Waals surface area contributed by atoms with Gasteiger partial charge in [0.05, 0.1) is 0 Å². The molecule has 0 saturated heterocycles. The van der Waals surface area contributed by atoms with Crippen molar-refractivity contribution in [2.45, 2.75) is 71.3 Å². The molecule has 0 aliphatic rings. The molecule has 0 rings (SSSR count). The number of hydrogen-bond donors (Lipinski definition) is 2. The molecule has 0 aromatic rings. The van der Waals surface area contributed by atoms with Gasteiger partial charge in [0.15, 0.2) is 0 Å². The lowest BCUT2D eigenvalue weighted by atomic mass is 10.0. The van der Waals surface area contributed by atoms with Crippen molar-refractivity contribution in [3.8, 4) is 0 Å². The lowest BCUT2D eigenvalue weighted by Crippen LogP contribution is -2.25. The van der Waals surface area contributed by atoms with Crippen molar-refractivity contribution < 1.29 is 4.74 Å². The predicted octanol–water partition coefficient (Wildman–Crippen LogP) is 3.07. The molecule has 0 aromatic carbocycles. The van der Waals surface area contributed by atoms with Gasteiger partial charge in [0, 0.05) is 19.3 Å². The Morgan fingerprint density at radius 3 is 2.17 bits per heavy atom. The Morgan fingerprint density at radius 1 is 0.833 bits per heavy atom. The van der Waals surface area contributed by atoms with Gasteiger partial charge in [-0.15, -0.1) is 0 Å². The van der Waals surface area contributed by atoms with Crippen LogP contribution in [-0.4, -0.2) is 25.8 Å². The highest BCUT2D eigenvalue weighted by Gasteiger charge is 2.00. The van der Waals surface area contributed by atoms with E-state index in [4.69, 9.17) is 16.2 Å². The fraction of sp³-hybridized carbons (Fsp3) is 1.00. The van der Waals surface area contributed by atoms with Crippen LogP contribution in [-0.2, 0) is 4.74 Å². The molecule has 3 heteroatoms. The molecule has 1 unspecified atom stereocenters. The fourth-order valence-corrected chi connectivity index (χ4v) is 1.98. The minimum atomic E-state index is 0.214. The maximum absolute atomic E-state index is 5.84. The maximum Gasteiger partial charge on any atom is 0.0480 e. The number of rotatable bonds is 13. The maximum atomic E-state index is 5.84. The smallest absolute Gasteiger partial charge is 0.0480 e. The van der Waals surface area contributed by atoms with Crippen LogP contribution < -0.4 is 11.5 Å². The molecule has 0 aliphatic heterocycles. The quantitative estimate of drug-likeness (QED) is 0.499. The molecule has 110 valence electrons. The second-order valence-electron chi connectivity index (χ2n) is 5.69. The lowest BCUT2D eigenvalue weighted by molar-refractivity contribution is 0.122. The van der Waals surface area contributed by atoms with E-state index in [0.29, 0.717) is 6.54 Å². The number of ether oxygens (including phenoxy) is 1. The molecule has 0 aliphatic carbocycles. The van der Waals surface area contributed by atoms with E-state index in [9.17, 15) is 0 Å². The van der Waals surface area contributed by atoms with Crippen molar-refractivity contribution in [3.05, 3.63) is 0 Å². The summed E-state index contributed by atoms with van der Waals surface area (Å²) < 4.78 is 5.57. The molecule has 0 radical (unpaired) electrons. The summed E-state index contributed by atoms with van der Waals surface area (Å²) in [6, 6.07) is 0.214. The van der Waals surface area contributed by atoms with Gasteiger partial charge >= 0.3 is 0 Å². The number of nitrogens with two attached hydrogens (primary N) is 2. The Kier molecular flexibility index (Phi) is 13.2. The Morgan fingerprint density at radius 2 is 1.50 bits per heavy atom. The van der Waals surface area contributed by atoms with Crippen molar-refractivity contribution >= 4 is 0 Å². The molecule has 0 fully saturated rings. The highest BCUT2D eigenvalue weighted by molar-refractivity contribution is 4.60. The summed E-state index contributed by atoms with van der Waals surface area (Å²) in [5.41, 5.74) is 11.3. The highest BCUT2D eigenvalue weighted by Crippen LogP contribution is 2.10. The minimum Gasteiger partial charge on any atom is -0.381 e. The molecule has 18 heavy (non-hydrogen) atoms. The van der Waals surface area contributed by atoms with Gasteiger partial charge in [-0.1, -0.05) is 46.0 Å². The average Bonchev–Trinajstić information content (AvgIpc) is 2.31. The van der Waals surface area contributed by atoms with Crippen LogP contribution in [0.5, 0.6) is 0 Å². The molecule has 0 spiro atoms. The first-order valence-electron chi connectivity index (χ1n) is 7.70. The van der Waals surface area contributed by atoms with Crippen molar-refractivity contribution in [2.24, 2.45) is 17.4 Å². The Labute approximate surface area is 114 Å². The summed E-state index contributed by atoms with van der Waals surface area (Å²) in [5.74, 6) is 0.853. The zero-order chi connectivity index (χ0) is 13.6. The molecule has 0 bridgehead atoms. The van der Waals surface area contributed by atoms with Crippen molar-refractivity contribution in [1.29, 1.82) is 0 Å². The highest BCUT2D eigenvalue weighted by atomic mass is 16.5. The van der Waals surface area contributed by atoms with Gasteiger partial charge in [0.25, 0.3) is 0 Å². The first-order chi connectivity index (χ1) is 8.66. The van der Waals surface area contributed by atoms with Crippen LogP contribution in [0.2, 0.25) is 0 Å². The largest absolute Gasteiger partial charge is 0.381 e. The molecule has 3 nitrogen and oxygen atoms in total. The summed E-state index contributed by atoms with van der Waals surface area (Å²) in [4.78, 5) is 0. The van der Waals surface area contributed by atoms with Crippen LogP contribution in [0.1, 0.15) is 65.2 Å². The predicted molar refractivity (Wildman–Crippen MR) is 79.6 cm³/mol. The van der Waals surface area contributed by atoms with Crippen LogP contribution in [0.4, 0.5) is 0 Å². The summed E-state index contributed by atoms with van der Waals surface area (Å²) in [6.07, 6.45) is 9.80. The van der Waals surface area contributed by atoms with E-state index in [1.807, 2.05) is 0 Å². The molecule has 0 aromatic heterocycles. The number of unbranched alkanes of at least 4 members (excludes halogenated alkanes) is 4. The van der Waals surface area contributed by atoms with Crippen molar-refractivity contribution in [3.63, 3.8) is 0 Å². The second kappa shape index (κ2) is 13.3. The third-order valence-corrected chi connectivity index (χ3v) is 3.24. The molecule has 1 atom stereocenters. The van der Waals surface area contributed by atoms with Crippen LogP contribution in [0.15, 0.2) is 0 Å². The first kappa shape index (κ1) is 17.9. The molecule has 0 saturated carbocycles. The normalized spacial score (nSPS) is 13.2. The van der Waals surface area contributed by atoms with Gasteiger partial charge in [-0.25, -0.2) is 0 Å². The molecular formula is C15H34N2O. The van der Waals surface area contributed by atoms with Crippen molar-refractivity contribution in [2.75, 3.05) is 19.8 Å². The zero-order valence-electron chi connectivity index (χ0n) is 12.5. The third-order valence-electron chi connectivity index (χ3n) is 3.24. The van der Waals surface area contributed by atoms with E-state index in [1.165, 1.54) is 38.5 Å². The van der Waals surface area contributed by atoms with Gasteiger partial charge in [-0.3, -0.25) is 0 Å². The average molecular weight is 258 g/mol. The van der Waals surface area contributed by atoms with Gasteiger partial charge in [0.1, 0.15) is 0 Å². The third kappa shape index (κ3) is 13.9. The Balaban J connectivity index is 3.03. The Bertz CT molecular complexity index is 163. The van der Waals surface area contributed by atoms with E-state index in [-0.39, 0.29) is 6.04 Å². The van der Waals surface area contributed by atoms with Gasteiger partial charge in [-0.05, 0) is 31.7 Å². The van der Waals surface area contributed by atoms with Crippen molar-refractivity contribution in [1.82, 2.24) is 0 Å². The van der Waals surface area contributed by atoms with E-state index >= 15 is 0 Å². The lowest BCUT2D eigenvalue weighted by Gasteiger charge is -2.10. The van der Waals surface area contributed by atoms with E-state index < -0.39 is 0 Å². The standard InChI is InChI=1S/C15H34N2O/c1-14(2)8-6-4-3-5-7-12-18-13-10-15(17)9-11-16/h14-15H,3-13,16-17H2,1-2H3. The molecule has 0 heterocycles.